The second-order valence-corrected chi connectivity index (χ2v) is 8.94. The van der Waals surface area contributed by atoms with Gasteiger partial charge in [-0.1, -0.05) is 12.1 Å². The largest absolute Gasteiger partial charge is 0.324 e. The van der Waals surface area contributed by atoms with E-state index in [1.165, 1.54) is 15.2 Å². The second kappa shape index (κ2) is 7.32. The third-order valence-electron chi connectivity index (χ3n) is 5.01. The van der Waals surface area contributed by atoms with Crippen molar-refractivity contribution in [3.05, 3.63) is 65.2 Å². The van der Waals surface area contributed by atoms with Crippen LogP contribution in [0.15, 0.2) is 59.7 Å². The first-order valence-corrected chi connectivity index (χ1v) is 10.8. The molecular formula is C20H20N4O4S. The number of benzene rings is 2. The molecule has 4 rings (SSSR count). The lowest BCUT2D eigenvalue weighted by Crippen LogP contribution is -2.31. The zero-order valence-corrected chi connectivity index (χ0v) is 16.6. The molecule has 0 radical (unpaired) electrons. The summed E-state index contributed by atoms with van der Waals surface area (Å²) in [5.41, 5.74) is 1.38. The van der Waals surface area contributed by atoms with Crippen LogP contribution in [-0.2, 0) is 14.8 Å². The molecular weight excluding hydrogens is 392 g/mol. The Kier molecular flexibility index (Phi) is 4.83. The molecule has 1 amide bonds. The zero-order valence-electron chi connectivity index (χ0n) is 15.8. The van der Waals surface area contributed by atoms with Crippen molar-refractivity contribution >= 4 is 38.2 Å². The third kappa shape index (κ3) is 3.61. The maximum absolute atomic E-state index is 12.7. The minimum atomic E-state index is -3.25. The van der Waals surface area contributed by atoms with E-state index in [9.17, 15) is 18.0 Å². The van der Waals surface area contributed by atoms with E-state index in [-0.39, 0.29) is 17.2 Å². The summed E-state index contributed by atoms with van der Waals surface area (Å²) in [5, 5.41) is 3.21. The molecule has 9 heteroatoms. The molecule has 29 heavy (non-hydrogen) atoms. The van der Waals surface area contributed by atoms with Crippen LogP contribution in [0.1, 0.15) is 19.4 Å². The highest BCUT2D eigenvalue weighted by molar-refractivity contribution is 7.93. The van der Waals surface area contributed by atoms with Gasteiger partial charge in [-0.2, -0.15) is 0 Å². The molecule has 2 heterocycles. The van der Waals surface area contributed by atoms with Gasteiger partial charge in [0.2, 0.25) is 15.9 Å². The van der Waals surface area contributed by atoms with Crippen molar-refractivity contribution in [2.24, 2.45) is 0 Å². The van der Waals surface area contributed by atoms with Gasteiger partial charge in [0, 0.05) is 12.2 Å². The van der Waals surface area contributed by atoms with E-state index < -0.39 is 16.1 Å². The van der Waals surface area contributed by atoms with E-state index in [0.29, 0.717) is 35.2 Å². The van der Waals surface area contributed by atoms with Crippen molar-refractivity contribution in [2.45, 2.75) is 19.4 Å². The Morgan fingerprint density at radius 1 is 1.14 bits per heavy atom. The Bertz CT molecular complexity index is 1240. The van der Waals surface area contributed by atoms with Crippen LogP contribution in [0.4, 0.5) is 11.4 Å². The summed E-state index contributed by atoms with van der Waals surface area (Å²) >= 11 is 0. The van der Waals surface area contributed by atoms with Crippen molar-refractivity contribution in [2.75, 3.05) is 21.9 Å². The molecule has 1 unspecified atom stereocenters. The number of nitrogens with one attached hydrogen (secondary N) is 1. The predicted molar refractivity (Wildman–Crippen MR) is 112 cm³/mol. The molecule has 1 aliphatic heterocycles. The maximum Gasteiger partial charge on any atom is 0.261 e. The van der Waals surface area contributed by atoms with Crippen LogP contribution in [0, 0.1) is 0 Å². The molecule has 150 valence electrons. The average Bonchev–Trinajstić information content (AvgIpc) is 3.07. The van der Waals surface area contributed by atoms with Gasteiger partial charge < -0.3 is 5.32 Å². The quantitative estimate of drug-likeness (QED) is 0.707. The minimum Gasteiger partial charge on any atom is -0.324 e. The van der Waals surface area contributed by atoms with Crippen LogP contribution in [0.5, 0.6) is 0 Å². The van der Waals surface area contributed by atoms with Crippen LogP contribution in [0.3, 0.4) is 0 Å². The molecule has 2 aromatic carbocycles. The Hall–Kier alpha value is -3.20. The van der Waals surface area contributed by atoms with E-state index in [4.69, 9.17) is 0 Å². The average molecular weight is 412 g/mol. The number of hydrogen-bond acceptors (Lipinski definition) is 5. The summed E-state index contributed by atoms with van der Waals surface area (Å²) in [7, 11) is -3.25. The maximum atomic E-state index is 12.7. The van der Waals surface area contributed by atoms with Crippen LogP contribution in [0.25, 0.3) is 10.9 Å². The second-order valence-electron chi connectivity index (χ2n) is 6.93. The third-order valence-corrected chi connectivity index (χ3v) is 6.88. The molecule has 0 saturated carbocycles. The first kappa shape index (κ1) is 19.1. The number of carbonyl (C=O) groups excluding carboxylic acids is 1. The molecule has 1 aliphatic rings. The molecule has 0 aliphatic carbocycles. The van der Waals surface area contributed by atoms with E-state index in [0.717, 1.165) is 0 Å². The number of fused-ring (bicyclic) bond motifs is 1. The van der Waals surface area contributed by atoms with Gasteiger partial charge in [-0.25, -0.2) is 13.4 Å². The summed E-state index contributed by atoms with van der Waals surface area (Å²) in [4.78, 5) is 29.5. The number of aromatic nitrogens is 2. The van der Waals surface area contributed by atoms with Gasteiger partial charge in [0.25, 0.3) is 5.56 Å². The number of nitrogens with zero attached hydrogens (tertiary/aromatic N) is 3. The van der Waals surface area contributed by atoms with Gasteiger partial charge in [-0.05, 0) is 49.7 Å². The fourth-order valence-corrected chi connectivity index (χ4v) is 4.94. The minimum absolute atomic E-state index is 0.150. The van der Waals surface area contributed by atoms with E-state index in [1.54, 1.807) is 55.5 Å². The van der Waals surface area contributed by atoms with Gasteiger partial charge in [-0.15, -0.1) is 0 Å². The van der Waals surface area contributed by atoms with E-state index in [2.05, 4.69) is 10.3 Å². The van der Waals surface area contributed by atoms with Crippen molar-refractivity contribution in [1.82, 2.24) is 9.55 Å². The fourth-order valence-electron chi connectivity index (χ4n) is 3.37. The molecule has 1 atom stereocenters. The highest BCUT2D eigenvalue weighted by Crippen LogP contribution is 2.25. The highest BCUT2D eigenvalue weighted by atomic mass is 32.2. The lowest BCUT2D eigenvalue weighted by atomic mass is 10.2. The number of hydrogen-bond donors (Lipinski definition) is 1. The first-order valence-electron chi connectivity index (χ1n) is 9.24. The molecule has 1 fully saturated rings. The topological polar surface area (TPSA) is 101 Å². The Labute approximate surface area is 167 Å². The van der Waals surface area contributed by atoms with E-state index in [1.807, 2.05) is 0 Å². The van der Waals surface area contributed by atoms with Crippen LogP contribution < -0.4 is 15.2 Å². The summed E-state index contributed by atoms with van der Waals surface area (Å²) in [6, 6.07) is 12.8. The zero-order chi connectivity index (χ0) is 20.6. The Morgan fingerprint density at radius 2 is 1.86 bits per heavy atom. The normalized spacial score (nSPS) is 16.7. The van der Waals surface area contributed by atoms with Gasteiger partial charge in [0.15, 0.2) is 0 Å². The number of carbonyl (C=O) groups is 1. The van der Waals surface area contributed by atoms with Crippen LogP contribution >= 0.6 is 0 Å². The number of rotatable bonds is 4. The van der Waals surface area contributed by atoms with Gasteiger partial charge >= 0.3 is 0 Å². The van der Waals surface area contributed by atoms with Crippen molar-refractivity contribution in [3.8, 4) is 0 Å². The van der Waals surface area contributed by atoms with Crippen LogP contribution in [-0.4, -0.2) is 36.2 Å². The van der Waals surface area contributed by atoms with Crippen molar-refractivity contribution < 1.29 is 13.2 Å². The molecule has 3 aromatic rings. The van der Waals surface area contributed by atoms with Gasteiger partial charge in [0.05, 0.1) is 28.7 Å². The summed E-state index contributed by atoms with van der Waals surface area (Å²) in [6.45, 7) is 2.08. The summed E-state index contributed by atoms with van der Waals surface area (Å²) in [5.74, 6) is -0.219. The first-order chi connectivity index (χ1) is 13.9. The fraction of sp³-hybridized carbons (Fsp3) is 0.250. The molecule has 1 saturated heterocycles. The van der Waals surface area contributed by atoms with Crippen LogP contribution in [0.2, 0.25) is 0 Å². The Morgan fingerprint density at radius 3 is 2.55 bits per heavy atom. The van der Waals surface area contributed by atoms with Gasteiger partial charge in [-0.3, -0.25) is 18.5 Å². The number of sulfonamides is 1. The Balaban J connectivity index is 1.52. The van der Waals surface area contributed by atoms with E-state index >= 15 is 0 Å². The molecule has 8 nitrogen and oxygen atoms in total. The monoisotopic (exact) mass is 412 g/mol. The lowest BCUT2D eigenvalue weighted by Gasteiger charge is -2.18. The molecule has 1 N–H and O–H groups in total. The highest BCUT2D eigenvalue weighted by Gasteiger charge is 2.28. The van der Waals surface area contributed by atoms with Crippen molar-refractivity contribution in [3.63, 3.8) is 0 Å². The smallest absolute Gasteiger partial charge is 0.261 e. The molecule has 0 bridgehead atoms. The van der Waals surface area contributed by atoms with Gasteiger partial charge in [0.1, 0.15) is 6.04 Å². The summed E-state index contributed by atoms with van der Waals surface area (Å²) < 4.78 is 26.7. The standard InChI is InChI=1S/C20H20N4O4S/c1-14(23-13-21-18-6-3-2-5-17(18)20(23)26)19(25)22-15-7-9-16(10-8-15)24-11-4-12-29(24,27)28/h2-3,5-10,13-14H,4,11-12H2,1H3,(H,22,25). The number of anilines is 2. The lowest BCUT2D eigenvalue weighted by molar-refractivity contribution is -0.118. The van der Waals surface area contributed by atoms with Crippen molar-refractivity contribution in [1.29, 1.82) is 0 Å². The SMILES string of the molecule is CC(C(=O)Nc1ccc(N2CCCS2(=O)=O)cc1)n1cnc2ccccc2c1=O. The molecule has 1 aromatic heterocycles. The molecule has 0 spiro atoms. The number of para-hydroxylation sites is 1. The summed E-state index contributed by atoms with van der Waals surface area (Å²) in [6.07, 6.45) is 1.98. The predicted octanol–water partition coefficient (Wildman–Crippen LogP) is 2.14. The number of amides is 1.